The van der Waals surface area contributed by atoms with Crippen LogP contribution in [-0.2, 0) is 38.4 Å². The van der Waals surface area contributed by atoms with Crippen molar-refractivity contribution in [2.75, 3.05) is 13.1 Å². The summed E-state index contributed by atoms with van der Waals surface area (Å²) in [6.45, 7) is 19.5. The molecule has 0 aliphatic rings. The smallest absolute Gasteiger partial charge is 0.220 e. The zero-order chi connectivity index (χ0) is 74.7. The van der Waals surface area contributed by atoms with Gasteiger partial charge in [0.25, 0.3) is 0 Å². The largest absolute Gasteiger partial charge is 0.356 e. The van der Waals surface area contributed by atoms with Gasteiger partial charge in [-0.05, 0) is 170 Å². The number of carbonyl (C=O) groups excluding carboxylic acids is 8. The lowest BCUT2D eigenvalue weighted by Gasteiger charge is -2.10. The highest BCUT2D eigenvalue weighted by Gasteiger charge is 2.12. The topological polar surface area (TPSA) is 185 Å². The first kappa shape index (κ1) is 101. The van der Waals surface area contributed by atoms with E-state index in [2.05, 4.69) is 146 Å². The van der Waals surface area contributed by atoms with Crippen LogP contribution in [0.15, 0.2) is 97.2 Å². The predicted octanol–water partition coefficient (Wildman–Crippen LogP) is 23.6. The van der Waals surface area contributed by atoms with E-state index in [0.29, 0.717) is 51.6 Å². The summed E-state index contributed by atoms with van der Waals surface area (Å²) in [6.07, 6.45) is 91.8. The molecule has 2 atom stereocenters. The summed E-state index contributed by atoms with van der Waals surface area (Å²) in [5, 5.41) is 11.0. The first-order chi connectivity index (χ1) is 48.5. The third kappa shape index (κ3) is 94.5. The minimum atomic E-state index is -0.357. The Bertz CT molecular complexity index is 2170. The molecule has 0 aromatic carbocycles. The van der Waals surface area contributed by atoms with Crippen molar-refractivity contribution in [3.8, 4) is 0 Å². The number of Topliss-reactive ketones (excluding diaryl/α,β-unsaturated/α-hetero) is 4. The lowest BCUT2D eigenvalue weighted by Crippen LogP contribution is -2.37. The van der Waals surface area contributed by atoms with E-state index in [9.17, 15) is 38.4 Å². The number of unbranched alkanes of at least 4 members (excludes halogenated alkanes) is 36. The summed E-state index contributed by atoms with van der Waals surface area (Å²) < 4.78 is 0. The average Bonchev–Trinajstić information content (AvgIpc) is 2.70. The molecule has 12 heteroatoms. The van der Waals surface area contributed by atoms with Crippen LogP contribution in [0.2, 0.25) is 0 Å². The van der Waals surface area contributed by atoms with Gasteiger partial charge in [0.15, 0.2) is 11.6 Å². The van der Waals surface area contributed by atoms with Crippen LogP contribution in [0.1, 0.15) is 390 Å². The summed E-state index contributed by atoms with van der Waals surface area (Å²) in [7, 11) is 0. The monoisotopic (exact) mass is 1400 g/mol. The van der Waals surface area contributed by atoms with Gasteiger partial charge in [-0.1, -0.05) is 279 Å². The minimum Gasteiger partial charge on any atom is -0.356 e. The van der Waals surface area contributed by atoms with E-state index >= 15 is 0 Å². The van der Waals surface area contributed by atoms with Crippen molar-refractivity contribution >= 4 is 46.8 Å². The number of hydrogen-bond donors (Lipinski definition) is 4. The van der Waals surface area contributed by atoms with E-state index in [-0.39, 0.29) is 58.8 Å². The minimum absolute atomic E-state index is 0.00409. The molecule has 0 aromatic heterocycles. The van der Waals surface area contributed by atoms with Gasteiger partial charge in [-0.2, -0.15) is 0 Å². The predicted molar refractivity (Wildman–Crippen MR) is 431 cm³/mol. The highest BCUT2D eigenvalue weighted by Crippen LogP contribution is 2.14. The van der Waals surface area contributed by atoms with Gasteiger partial charge in [0.05, 0.1) is 12.1 Å². The zero-order valence-corrected chi connectivity index (χ0v) is 66.4. The van der Waals surface area contributed by atoms with Crippen molar-refractivity contribution in [1.82, 2.24) is 21.3 Å². The molecule has 0 saturated heterocycles. The fourth-order valence-electron chi connectivity index (χ4n) is 10.2. The standard InChI is InChI=1S/4C22H39NO2/c2*1-4-5-6-7-8-9-10-11-12-13-14-15-16-17-18-19-22(25)23-20(2)21(3)24;2*1-3-4-5-6-7-8-9-10-11-12-13-14-15-16-17-18-22(25)23-20-19-21(2)24/h9-12,20H,4-8,13-19H2,1-3H3,(H,23,25);8-11,20H,4-7,12-19H2,1-3H3,(H,23,25);8-11H,3-7,12-20H2,1-2H3,(H,23,25);7-10H,3-6,11-20H2,1-2H3,(H,23,25)/b10-9+,12-11-;9-8-,11-10+;9-8+,11-10-;8-7-,10-9+. The fourth-order valence-corrected chi connectivity index (χ4v) is 10.2. The highest BCUT2D eigenvalue weighted by atomic mass is 16.2. The molecule has 2 unspecified atom stereocenters. The summed E-state index contributed by atoms with van der Waals surface area (Å²) in [5.74, 6) is 0.402. The van der Waals surface area contributed by atoms with Gasteiger partial charge in [-0.25, -0.2) is 0 Å². The third-order valence-electron chi connectivity index (χ3n) is 17.1. The van der Waals surface area contributed by atoms with Crippen molar-refractivity contribution in [3.63, 3.8) is 0 Å². The average molecular weight is 1400 g/mol. The van der Waals surface area contributed by atoms with Crippen LogP contribution in [0.5, 0.6) is 0 Å². The second-order valence-electron chi connectivity index (χ2n) is 27.5. The number of nitrogens with one attached hydrogen (secondary N) is 4. The Kier molecular flexibility index (Phi) is 86.6. The highest BCUT2D eigenvalue weighted by molar-refractivity contribution is 5.87. The molecule has 0 fully saturated rings. The summed E-state index contributed by atoms with van der Waals surface area (Å²) in [5.41, 5.74) is 0. The van der Waals surface area contributed by atoms with E-state index in [1.807, 2.05) is 0 Å². The lowest BCUT2D eigenvalue weighted by molar-refractivity contribution is -0.126. The Morgan fingerprint density at radius 1 is 0.240 bits per heavy atom. The Labute approximate surface area is 615 Å². The molecule has 0 radical (unpaired) electrons. The number of carbonyl (C=O) groups is 8. The fraction of sp³-hybridized carbons (Fsp3) is 0.727. The normalized spacial score (nSPS) is 12.1. The maximum Gasteiger partial charge on any atom is 0.220 e. The molecule has 576 valence electrons. The molecule has 0 aliphatic carbocycles. The molecule has 12 nitrogen and oxygen atoms in total. The molecule has 100 heavy (non-hydrogen) atoms. The van der Waals surface area contributed by atoms with Crippen molar-refractivity contribution < 1.29 is 38.4 Å². The van der Waals surface area contributed by atoms with Crippen molar-refractivity contribution in [2.45, 2.75) is 402 Å². The molecule has 0 saturated carbocycles. The second kappa shape index (κ2) is 85.9. The van der Waals surface area contributed by atoms with Gasteiger partial charge in [-0.3, -0.25) is 38.4 Å². The number of ketones is 4. The van der Waals surface area contributed by atoms with Gasteiger partial charge in [0.1, 0.15) is 11.6 Å². The summed E-state index contributed by atoms with van der Waals surface area (Å²) in [6, 6.07) is -0.712. The molecular formula is C88H156N4O8. The Balaban J connectivity index is -0.000000614. The van der Waals surface area contributed by atoms with Gasteiger partial charge >= 0.3 is 0 Å². The number of allylic oxidation sites excluding steroid dienone is 16. The van der Waals surface area contributed by atoms with Crippen LogP contribution in [0.4, 0.5) is 0 Å². The van der Waals surface area contributed by atoms with Crippen LogP contribution in [0.3, 0.4) is 0 Å². The zero-order valence-electron chi connectivity index (χ0n) is 66.4. The van der Waals surface area contributed by atoms with Crippen LogP contribution in [-0.4, -0.2) is 71.9 Å². The number of amides is 4. The molecular weight excluding hydrogens is 1240 g/mol. The quantitative estimate of drug-likeness (QED) is 0.0342. The molecule has 0 aromatic rings. The third-order valence-corrected chi connectivity index (χ3v) is 17.1. The first-order valence-corrected chi connectivity index (χ1v) is 40.9. The molecule has 0 rings (SSSR count). The second-order valence-corrected chi connectivity index (χ2v) is 27.5. The lowest BCUT2D eigenvalue weighted by atomic mass is 10.1. The summed E-state index contributed by atoms with van der Waals surface area (Å²) in [4.78, 5) is 90.0. The molecule has 0 aliphatic heterocycles. The maximum absolute atomic E-state index is 11.6. The SMILES string of the molecule is CCCCC/C=C\C=C\CCCCCCCCC(=O)NC(C)C(C)=O.CCCCC/C=C\C=C\CCCCCCCCC(=O)NCCC(C)=O.CCCCCC/C=C/C=C\CCCCCCCC(=O)NC(C)C(C)=O.CCCCCC/C=C/C=C\CCCCCCCC(=O)NCCC(C)=O. The Morgan fingerprint density at radius 3 is 0.630 bits per heavy atom. The first-order valence-electron chi connectivity index (χ1n) is 40.9. The van der Waals surface area contributed by atoms with Crippen molar-refractivity contribution in [3.05, 3.63) is 97.2 Å². The van der Waals surface area contributed by atoms with E-state index < -0.39 is 0 Å². The van der Waals surface area contributed by atoms with Crippen LogP contribution in [0, 0.1) is 0 Å². The van der Waals surface area contributed by atoms with Gasteiger partial charge in [0, 0.05) is 51.6 Å². The van der Waals surface area contributed by atoms with E-state index in [0.717, 1.165) is 77.0 Å². The molecule has 4 N–H and O–H groups in total. The molecule has 0 bridgehead atoms. The van der Waals surface area contributed by atoms with Gasteiger partial charge in [0.2, 0.25) is 23.6 Å². The number of hydrogen-bond acceptors (Lipinski definition) is 8. The number of rotatable bonds is 66. The van der Waals surface area contributed by atoms with Crippen LogP contribution < -0.4 is 21.3 Å². The summed E-state index contributed by atoms with van der Waals surface area (Å²) >= 11 is 0. The van der Waals surface area contributed by atoms with Crippen LogP contribution >= 0.6 is 0 Å². The van der Waals surface area contributed by atoms with E-state index in [4.69, 9.17) is 0 Å². The Hall–Kier alpha value is -5.52. The Morgan fingerprint density at radius 2 is 0.420 bits per heavy atom. The van der Waals surface area contributed by atoms with Crippen molar-refractivity contribution in [2.24, 2.45) is 0 Å². The maximum atomic E-state index is 11.6. The molecule has 4 amide bonds. The van der Waals surface area contributed by atoms with E-state index in [1.54, 1.807) is 27.7 Å². The van der Waals surface area contributed by atoms with E-state index in [1.165, 1.54) is 219 Å². The van der Waals surface area contributed by atoms with Gasteiger partial charge < -0.3 is 21.3 Å². The van der Waals surface area contributed by atoms with Gasteiger partial charge in [-0.15, -0.1) is 0 Å². The van der Waals surface area contributed by atoms with Crippen molar-refractivity contribution in [1.29, 1.82) is 0 Å². The van der Waals surface area contributed by atoms with Crippen LogP contribution in [0.25, 0.3) is 0 Å². The molecule has 0 spiro atoms. The molecule has 0 heterocycles.